The number of carbonyl (C=O) groups is 1. The van der Waals surface area contributed by atoms with Crippen LogP contribution in [-0.2, 0) is 0 Å². The minimum absolute atomic E-state index is 0.0781. The molecule has 0 aliphatic heterocycles. The molecule has 0 spiro atoms. The van der Waals surface area contributed by atoms with Crippen molar-refractivity contribution in [3.05, 3.63) is 58.1 Å². The van der Waals surface area contributed by atoms with Gasteiger partial charge in [-0.25, -0.2) is 0 Å². The second kappa shape index (κ2) is 5.91. The molecule has 0 atom stereocenters. The smallest absolute Gasteiger partial charge is 0.275 e. The normalized spacial score (nSPS) is 9.95. The number of nitrogens with two attached hydrogens (primary N) is 1. The highest BCUT2D eigenvalue weighted by atomic mass is 16.6. The summed E-state index contributed by atoms with van der Waals surface area (Å²) in [7, 11) is 1.66. The molecule has 7 nitrogen and oxygen atoms in total. The van der Waals surface area contributed by atoms with Crippen LogP contribution in [0.3, 0.4) is 0 Å². The highest BCUT2D eigenvalue weighted by Crippen LogP contribution is 2.29. The molecule has 0 bridgehead atoms. The number of rotatable bonds is 5. The van der Waals surface area contributed by atoms with Crippen molar-refractivity contribution < 1.29 is 14.5 Å². The maximum Gasteiger partial charge on any atom is 0.275 e. The van der Waals surface area contributed by atoms with E-state index in [0.717, 1.165) is 0 Å². The monoisotopic (exact) mass is 287 g/mol. The number of benzene rings is 2. The summed E-state index contributed by atoms with van der Waals surface area (Å²) in [5.41, 5.74) is 5.99. The van der Waals surface area contributed by atoms with Crippen LogP contribution in [0.15, 0.2) is 42.5 Å². The summed E-state index contributed by atoms with van der Waals surface area (Å²) < 4.78 is 5.55. The lowest BCUT2D eigenvalue weighted by atomic mass is 10.2. The van der Waals surface area contributed by atoms with E-state index in [2.05, 4.69) is 5.32 Å². The standard InChI is InChI=1S/C14H13N3O4/c1-16-10-6-11(17(19)20)8-13(7-10)21-12-4-2-9(3-5-12)14(15)18/h2-8,16H,1H3,(H2,15,18). The number of nitro groups is 1. The molecule has 2 rings (SSSR count). The molecule has 0 unspecified atom stereocenters. The van der Waals surface area contributed by atoms with Gasteiger partial charge in [-0.1, -0.05) is 0 Å². The molecule has 0 saturated heterocycles. The van der Waals surface area contributed by atoms with Crippen LogP contribution >= 0.6 is 0 Å². The van der Waals surface area contributed by atoms with Crippen molar-refractivity contribution in [1.29, 1.82) is 0 Å². The van der Waals surface area contributed by atoms with E-state index in [9.17, 15) is 14.9 Å². The highest BCUT2D eigenvalue weighted by molar-refractivity contribution is 5.92. The number of amides is 1. The van der Waals surface area contributed by atoms with Gasteiger partial charge in [0.1, 0.15) is 11.5 Å². The highest BCUT2D eigenvalue weighted by Gasteiger charge is 2.11. The van der Waals surface area contributed by atoms with Crippen molar-refractivity contribution in [3.63, 3.8) is 0 Å². The van der Waals surface area contributed by atoms with E-state index in [4.69, 9.17) is 10.5 Å². The van der Waals surface area contributed by atoms with E-state index in [1.54, 1.807) is 25.2 Å². The molecule has 108 valence electrons. The Morgan fingerprint density at radius 3 is 2.38 bits per heavy atom. The van der Waals surface area contributed by atoms with E-state index in [1.165, 1.54) is 24.3 Å². The Balaban J connectivity index is 2.28. The van der Waals surface area contributed by atoms with Crippen molar-refractivity contribution in [1.82, 2.24) is 0 Å². The largest absolute Gasteiger partial charge is 0.457 e. The number of primary amides is 1. The third kappa shape index (κ3) is 3.47. The molecular formula is C14H13N3O4. The lowest BCUT2D eigenvalue weighted by Gasteiger charge is -2.08. The fourth-order valence-electron chi connectivity index (χ4n) is 1.72. The number of nitro benzene ring substituents is 1. The van der Waals surface area contributed by atoms with Gasteiger partial charge in [0.25, 0.3) is 5.69 Å². The summed E-state index contributed by atoms with van der Waals surface area (Å²) in [5, 5.41) is 13.7. The average Bonchev–Trinajstić information content (AvgIpc) is 2.47. The summed E-state index contributed by atoms with van der Waals surface area (Å²) in [6, 6.07) is 10.5. The Kier molecular flexibility index (Phi) is 4.03. The molecule has 0 saturated carbocycles. The topological polar surface area (TPSA) is 107 Å². The summed E-state index contributed by atoms with van der Waals surface area (Å²) >= 11 is 0. The molecule has 2 aromatic rings. The summed E-state index contributed by atoms with van der Waals surface area (Å²) in [6.07, 6.45) is 0. The Bertz CT molecular complexity index is 683. The number of nitrogens with one attached hydrogen (secondary N) is 1. The Labute approximate surface area is 120 Å². The van der Waals surface area contributed by atoms with Crippen LogP contribution in [-0.4, -0.2) is 17.9 Å². The van der Waals surface area contributed by atoms with Crippen molar-refractivity contribution in [2.45, 2.75) is 0 Å². The number of hydrogen-bond acceptors (Lipinski definition) is 5. The number of hydrogen-bond donors (Lipinski definition) is 2. The molecule has 0 radical (unpaired) electrons. The first kappa shape index (κ1) is 14.3. The first-order chi connectivity index (χ1) is 9.99. The minimum Gasteiger partial charge on any atom is -0.457 e. The third-order valence-electron chi connectivity index (χ3n) is 2.77. The predicted molar refractivity (Wildman–Crippen MR) is 77.7 cm³/mol. The van der Waals surface area contributed by atoms with Crippen LogP contribution in [0.25, 0.3) is 0 Å². The molecule has 1 amide bonds. The van der Waals surface area contributed by atoms with Crippen molar-refractivity contribution >= 4 is 17.3 Å². The molecule has 0 heterocycles. The van der Waals surface area contributed by atoms with Gasteiger partial charge in [-0.05, 0) is 24.3 Å². The second-order valence-electron chi connectivity index (χ2n) is 4.21. The predicted octanol–water partition coefficient (Wildman–Crippen LogP) is 2.53. The lowest BCUT2D eigenvalue weighted by molar-refractivity contribution is -0.384. The minimum atomic E-state index is -0.533. The van der Waals surface area contributed by atoms with Gasteiger partial charge in [-0.3, -0.25) is 14.9 Å². The third-order valence-corrected chi connectivity index (χ3v) is 2.77. The zero-order valence-electron chi connectivity index (χ0n) is 11.2. The van der Waals surface area contributed by atoms with Gasteiger partial charge in [0.05, 0.1) is 11.0 Å². The van der Waals surface area contributed by atoms with Gasteiger partial charge in [-0.15, -0.1) is 0 Å². The molecular weight excluding hydrogens is 274 g/mol. The number of ether oxygens (including phenoxy) is 1. The van der Waals surface area contributed by atoms with E-state index in [-0.39, 0.29) is 5.69 Å². The van der Waals surface area contributed by atoms with Gasteiger partial charge >= 0.3 is 0 Å². The van der Waals surface area contributed by atoms with Gasteiger partial charge in [0, 0.05) is 30.4 Å². The van der Waals surface area contributed by atoms with Crippen molar-refractivity contribution in [2.75, 3.05) is 12.4 Å². The van der Waals surface area contributed by atoms with Gasteiger partial charge in [0.15, 0.2) is 0 Å². The van der Waals surface area contributed by atoms with Crippen LogP contribution < -0.4 is 15.8 Å². The quantitative estimate of drug-likeness (QED) is 0.649. The van der Waals surface area contributed by atoms with Crippen molar-refractivity contribution in [2.24, 2.45) is 5.73 Å². The fourth-order valence-corrected chi connectivity index (χ4v) is 1.72. The maximum atomic E-state index is 11.0. The van der Waals surface area contributed by atoms with Gasteiger partial charge in [-0.2, -0.15) is 0 Å². The Morgan fingerprint density at radius 1 is 1.19 bits per heavy atom. The SMILES string of the molecule is CNc1cc(Oc2ccc(C(N)=O)cc2)cc([N+](=O)[O-])c1. The maximum absolute atomic E-state index is 11.0. The molecule has 7 heteroatoms. The van der Waals surface area contributed by atoms with Crippen LogP contribution in [0, 0.1) is 10.1 Å². The van der Waals surface area contributed by atoms with Crippen LogP contribution in [0.1, 0.15) is 10.4 Å². The van der Waals surface area contributed by atoms with E-state index in [0.29, 0.717) is 22.7 Å². The first-order valence-electron chi connectivity index (χ1n) is 6.04. The van der Waals surface area contributed by atoms with E-state index < -0.39 is 10.8 Å². The van der Waals surface area contributed by atoms with E-state index >= 15 is 0 Å². The fraction of sp³-hybridized carbons (Fsp3) is 0.0714. The zero-order valence-corrected chi connectivity index (χ0v) is 11.2. The van der Waals surface area contributed by atoms with Crippen LogP contribution in [0.4, 0.5) is 11.4 Å². The van der Waals surface area contributed by atoms with Gasteiger partial charge < -0.3 is 15.8 Å². The first-order valence-corrected chi connectivity index (χ1v) is 6.04. The number of nitrogens with zero attached hydrogens (tertiary/aromatic N) is 1. The summed E-state index contributed by atoms with van der Waals surface area (Å²) in [6.45, 7) is 0. The Morgan fingerprint density at radius 2 is 1.86 bits per heavy atom. The molecule has 21 heavy (non-hydrogen) atoms. The number of anilines is 1. The molecule has 0 aromatic heterocycles. The van der Waals surface area contributed by atoms with Crippen molar-refractivity contribution in [3.8, 4) is 11.5 Å². The second-order valence-corrected chi connectivity index (χ2v) is 4.21. The summed E-state index contributed by atoms with van der Waals surface area (Å²) in [4.78, 5) is 21.3. The summed E-state index contributed by atoms with van der Waals surface area (Å²) in [5.74, 6) is 0.234. The molecule has 0 fully saturated rings. The van der Waals surface area contributed by atoms with Crippen LogP contribution in [0.5, 0.6) is 11.5 Å². The average molecular weight is 287 g/mol. The van der Waals surface area contributed by atoms with E-state index in [1.807, 2.05) is 0 Å². The molecule has 0 aliphatic rings. The lowest BCUT2D eigenvalue weighted by Crippen LogP contribution is -2.10. The molecule has 3 N–H and O–H groups in total. The molecule has 0 aliphatic carbocycles. The van der Waals surface area contributed by atoms with Crippen LogP contribution in [0.2, 0.25) is 0 Å². The zero-order chi connectivity index (χ0) is 15.4. The Hall–Kier alpha value is -3.09. The van der Waals surface area contributed by atoms with Gasteiger partial charge in [0.2, 0.25) is 5.91 Å². The molecule has 2 aromatic carbocycles. The number of carbonyl (C=O) groups excluding carboxylic acids is 1. The number of non-ortho nitro benzene ring substituents is 1.